The van der Waals surface area contributed by atoms with Gasteiger partial charge < -0.3 is 5.11 Å². The number of nitrogens with zero attached hydrogens (tertiary/aromatic N) is 2. The molecule has 106 valence electrons. The highest BCUT2D eigenvalue weighted by atomic mass is 79.9. The highest BCUT2D eigenvalue weighted by molar-refractivity contribution is 9.10. The van der Waals surface area contributed by atoms with Gasteiger partial charge >= 0.3 is 11.8 Å². The molecule has 0 unspecified atom stereocenters. The van der Waals surface area contributed by atoms with E-state index in [1.165, 1.54) is 4.57 Å². The zero-order valence-corrected chi connectivity index (χ0v) is 12.4. The Bertz CT molecular complexity index is 881. The molecule has 0 saturated heterocycles. The number of halogens is 1. The highest BCUT2D eigenvalue weighted by Crippen LogP contribution is 2.23. The van der Waals surface area contributed by atoms with Gasteiger partial charge in [0.2, 0.25) is 0 Å². The van der Waals surface area contributed by atoms with E-state index in [1.807, 2.05) is 30.3 Å². The molecule has 6 heteroatoms. The number of para-hydroxylation sites is 1. The Hall–Kier alpha value is -2.34. The molecule has 0 aliphatic heterocycles. The van der Waals surface area contributed by atoms with Crippen molar-refractivity contribution in [1.82, 2.24) is 9.13 Å². The van der Waals surface area contributed by atoms with Gasteiger partial charge in [-0.15, -0.1) is 0 Å². The summed E-state index contributed by atoms with van der Waals surface area (Å²) in [6.07, 6.45) is -1.29. The topological polar surface area (TPSA) is 64.2 Å². The number of hydrogen-bond donors (Lipinski definition) is 1. The first-order valence-electron chi connectivity index (χ1n) is 6.26. The summed E-state index contributed by atoms with van der Waals surface area (Å²) >= 11 is 3.31. The van der Waals surface area contributed by atoms with Crippen LogP contribution in [0.2, 0.25) is 0 Å². The molecule has 3 rings (SSSR count). The Morgan fingerprint density at radius 1 is 1.10 bits per heavy atom. The zero-order valence-electron chi connectivity index (χ0n) is 10.9. The molecule has 0 atom stereocenters. The summed E-state index contributed by atoms with van der Waals surface area (Å²) in [5, 5.41) is 9.30. The Kier molecular flexibility index (Phi) is 3.39. The van der Waals surface area contributed by atoms with Crippen LogP contribution in [-0.4, -0.2) is 20.3 Å². The molecule has 3 aromatic rings. The summed E-state index contributed by atoms with van der Waals surface area (Å²) in [5.74, 6) is 0. The Labute approximate surface area is 128 Å². The second-order valence-corrected chi connectivity index (χ2v) is 5.43. The van der Waals surface area contributed by atoms with Crippen LogP contribution in [0.15, 0.2) is 57.8 Å². The molecule has 0 saturated carbocycles. The van der Waals surface area contributed by atoms with Crippen LogP contribution in [0, 0.1) is 0 Å². The second-order valence-electron chi connectivity index (χ2n) is 4.58. The molecule has 1 heterocycles. The summed E-state index contributed by atoms with van der Waals surface area (Å²) in [5.41, 5.74) is 1.32. The van der Waals surface area contributed by atoms with Gasteiger partial charge in [0.15, 0.2) is 0 Å². The molecule has 5 nitrogen and oxygen atoms in total. The van der Waals surface area contributed by atoms with E-state index in [0.29, 0.717) is 22.1 Å². The van der Waals surface area contributed by atoms with Crippen LogP contribution in [0.1, 0.15) is 5.56 Å². The predicted molar refractivity (Wildman–Crippen MR) is 82.9 cm³/mol. The maximum absolute atomic E-state index is 12.4. The van der Waals surface area contributed by atoms with E-state index in [0.717, 1.165) is 10.1 Å². The normalized spacial score (nSPS) is 10.9. The van der Waals surface area contributed by atoms with E-state index in [-0.39, 0.29) is 0 Å². The third kappa shape index (κ3) is 2.27. The lowest BCUT2D eigenvalue weighted by molar-refractivity contribution is 0.196. The predicted octanol–water partition coefficient (Wildman–Crippen LogP) is 3.14. The van der Waals surface area contributed by atoms with Crippen LogP contribution in [0.25, 0.3) is 11.0 Å². The quantitative estimate of drug-likeness (QED) is 0.775. The lowest BCUT2D eigenvalue weighted by atomic mass is 10.2. The van der Waals surface area contributed by atoms with Gasteiger partial charge in [0.05, 0.1) is 17.6 Å². The van der Waals surface area contributed by atoms with Gasteiger partial charge in [-0.05, 0) is 33.6 Å². The highest BCUT2D eigenvalue weighted by Gasteiger charge is 2.19. The molecule has 2 aromatic carbocycles. The monoisotopic (exact) mass is 346 g/mol. The fraction of sp³-hybridized carbons (Fsp3) is 0.0667. The standard InChI is InChI=1S/C15H11BrN2O3/c16-11-7-4-8-12-13(11)18(15(20)21)14(19)17(12)9-10-5-2-1-3-6-10/h1-8H,9H2,(H,20,21). The zero-order chi connectivity index (χ0) is 15.0. The second kappa shape index (κ2) is 5.21. The third-order valence-corrected chi connectivity index (χ3v) is 3.92. The largest absolute Gasteiger partial charge is 0.464 e. The first-order chi connectivity index (χ1) is 10.1. The molecule has 21 heavy (non-hydrogen) atoms. The molecule has 0 bridgehead atoms. The van der Waals surface area contributed by atoms with Gasteiger partial charge in [-0.2, -0.15) is 4.57 Å². The molecule has 0 amide bonds. The first kappa shape index (κ1) is 13.6. The van der Waals surface area contributed by atoms with Gasteiger partial charge in [-0.3, -0.25) is 4.57 Å². The van der Waals surface area contributed by atoms with Gasteiger partial charge in [-0.25, -0.2) is 9.59 Å². The smallest absolute Gasteiger partial charge is 0.420 e. The number of benzene rings is 2. The van der Waals surface area contributed by atoms with E-state index in [4.69, 9.17) is 0 Å². The third-order valence-electron chi connectivity index (χ3n) is 3.28. The molecule has 0 aliphatic rings. The summed E-state index contributed by atoms with van der Waals surface area (Å²) in [6, 6.07) is 14.7. The number of aromatic nitrogens is 2. The molecular formula is C15H11BrN2O3. The average Bonchev–Trinajstić information content (AvgIpc) is 2.75. The minimum absolute atomic E-state index is 0.326. The van der Waals surface area contributed by atoms with Crippen molar-refractivity contribution >= 4 is 33.1 Å². The number of hydrogen-bond acceptors (Lipinski definition) is 2. The van der Waals surface area contributed by atoms with E-state index in [2.05, 4.69) is 15.9 Å². The molecule has 0 radical (unpaired) electrons. The maximum atomic E-state index is 12.4. The van der Waals surface area contributed by atoms with E-state index < -0.39 is 11.8 Å². The number of carboxylic acid groups (broad SMARTS) is 1. The summed E-state index contributed by atoms with van der Waals surface area (Å²) < 4.78 is 2.80. The van der Waals surface area contributed by atoms with E-state index >= 15 is 0 Å². The van der Waals surface area contributed by atoms with E-state index in [1.54, 1.807) is 18.2 Å². The Balaban J connectivity index is 2.29. The van der Waals surface area contributed by atoms with Gasteiger partial charge in [0.1, 0.15) is 0 Å². The molecule has 0 fully saturated rings. The van der Waals surface area contributed by atoms with Crippen LogP contribution in [-0.2, 0) is 6.54 Å². The first-order valence-corrected chi connectivity index (χ1v) is 7.06. The van der Waals surface area contributed by atoms with Crippen molar-refractivity contribution in [2.45, 2.75) is 6.54 Å². The van der Waals surface area contributed by atoms with Gasteiger partial charge in [-0.1, -0.05) is 36.4 Å². The van der Waals surface area contributed by atoms with Crippen molar-refractivity contribution in [3.63, 3.8) is 0 Å². The van der Waals surface area contributed by atoms with Crippen LogP contribution in [0.3, 0.4) is 0 Å². The number of fused-ring (bicyclic) bond motifs is 1. The fourth-order valence-corrected chi connectivity index (χ4v) is 2.89. The number of rotatable bonds is 2. The van der Waals surface area contributed by atoms with Crippen LogP contribution >= 0.6 is 15.9 Å². The minimum atomic E-state index is -1.29. The van der Waals surface area contributed by atoms with Gasteiger partial charge in [0, 0.05) is 4.47 Å². The lowest BCUT2D eigenvalue weighted by Crippen LogP contribution is -2.28. The maximum Gasteiger partial charge on any atom is 0.420 e. The van der Waals surface area contributed by atoms with Crippen LogP contribution in [0.4, 0.5) is 4.79 Å². The van der Waals surface area contributed by atoms with Crippen molar-refractivity contribution in [3.8, 4) is 0 Å². The van der Waals surface area contributed by atoms with Crippen molar-refractivity contribution in [2.24, 2.45) is 0 Å². The molecule has 0 spiro atoms. The van der Waals surface area contributed by atoms with E-state index in [9.17, 15) is 14.7 Å². The van der Waals surface area contributed by atoms with Crippen molar-refractivity contribution in [2.75, 3.05) is 0 Å². The molecule has 1 aromatic heterocycles. The fourth-order valence-electron chi connectivity index (χ4n) is 2.36. The van der Waals surface area contributed by atoms with Gasteiger partial charge in [0.25, 0.3) is 0 Å². The Morgan fingerprint density at radius 2 is 1.81 bits per heavy atom. The van der Waals surface area contributed by atoms with Crippen LogP contribution in [0.5, 0.6) is 0 Å². The minimum Gasteiger partial charge on any atom is -0.464 e. The Morgan fingerprint density at radius 3 is 2.48 bits per heavy atom. The SMILES string of the molecule is O=C(O)n1c(=O)n(Cc2ccccc2)c2cccc(Br)c21. The molecule has 1 N–H and O–H groups in total. The lowest BCUT2D eigenvalue weighted by Gasteiger charge is -2.03. The van der Waals surface area contributed by atoms with Crippen LogP contribution < -0.4 is 5.69 Å². The average molecular weight is 347 g/mol. The molecule has 0 aliphatic carbocycles. The summed E-state index contributed by atoms with van der Waals surface area (Å²) in [4.78, 5) is 23.8. The number of carbonyl (C=O) groups is 1. The van der Waals surface area contributed by atoms with Crippen molar-refractivity contribution in [1.29, 1.82) is 0 Å². The summed E-state index contributed by atoms with van der Waals surface area (Å²) in [6.45, 7) is 0.326. The summed E-state index contributed by atoms with van der Waals surface area (Å²) in [7, 11) is 0. The van der Waals surface area contributed by atoms with Crippen molar-refractivity contribution in [3.05, 3.63) is 69.1 Å². The number of imidazole rings is 1. The van der Waals surface area contributed by atoms with Crippen molar-refractivity contribution < 1.29 is 9.90 Å². The molecular weight excluding hydrogens is 336 g/mol.